The molecule has 1 amide bonds. The monoisotopic (exact) mass is 400 g/mol. The van der Waals surface area contributed by atoms with E-state index in [4.69, 9.17) is 0 Å². The second-order valence-corrected chi connectivity index (χ2v) is 7.47. The highest BCUT2D eigenvalue weighted by molar-refractivity contribution is 9.10. The first-order valence-electron chi connectivity index (χ1n) is 7.59. The fraction of sp³-hybridized carbons (Fsp3) is 0.158. The lowest BCUT2D eigenvalue weighted by molar-refractivity contribution is -0.115. The van der Waals surface area contributed by atoms with E-state index < -0.39 is 0 Å². The zero-order valence-corrected chi connectivity index (χ0v) is 15.9. The minimum atomic E-state index is -0.0465. The van der Waals surface area contributed by atoms with Gasteiger partial charge >= 0.3 is 0 Å². The predicted molar refractivity (Wildman–Crippen MR) is 103 cm³/mol. The van der Waals surface area contributed by atoms with Crippen LogP contribution in [0.1, 0.15) is 16.8 Å². The normalized spacial score (nSPS) is 10.6. The molecule has 3 rings (SSSR count). The summed E-state index contributed by atoms with van der Waals surface area (Å²) in [5, 5.41) is 5.84. The highest BCUT2D eigenvalue weighted by Gasteiger charge is 2.10. The van der Waals surface area contributed by atoms with Gasteiger partial charge < -0.3 is 5.32 Å². The van der Waals surface area contributed by atoms with Crippen LogP contribution in [0.25, 0.3) is 10.6 Å². The number of benzene rings is 2. The van der Waals surface area contributed by atoms with Gasteiger partial charge in [0, 0.05) is 21.1 Å². The van der Waals surface area contributed by atoms with Crippen molar-refractivity contribution in [3.05, 3.63) is 69.1 Å². The molecule has 1 N–H and O–H groups in total. The molecule has 122 valence electrons. The number of nitrogens with zero attached hydrogens (tertiary/aromatic N) is 1. The lowest BCUT2D eigenvalue weighted by atomic mass is 10.1. The summed E-state index contributed by atoms with van der Waals surface area (Å²) >= 11 is 5.02. The molecule has 0 radical (unpaired) electrons. The molecule has 0 unspecified atom stereocenters. The van der Waals surface area contributed by atoms with Gasteiger partial charge in [0.1, 0.15) is 5.01 Å². The van der Waals surface area contributed by atoms with Crippen molar-refractivity contribution < 1.29 is 4.79 Å². The van der Waals surface area contributed by atoms with E-state index in [2.05, 4.69) is 26.2 Å². The molecular weight excluding hydrogens is 384 g/mol. The lowest BCUT2D eigenvalue weighted by Crippen LogP contribution is -2.15. The van der Waals surface area contributed by atoms with Crippen molar-refractivity contribution in [1.82, 2.24) is 4.98 Å². The number of aromatic nitrogens is 1. The number of halogens is 1. The lowest BCUT2D eigenvalue weighted by Gasteiger charge is -2.08. The fourth-order valence-corrected chi connectivity index (χ4v) is 3.59. The molecule has 2 aromatic carbocycles. The molecule has 24 heavy (non-hydrogen) atoms. The number of aryl methyl sites for hydroxylation is 2. The fourth-order valence-electron chi connectivity index (χ4n) is 2.37. The summed E-state index contributed by atoms with van der Waals surface area (Å²) in [5.41, 5.74) is 4.89. The maximum Gasteiger partial charge on any atom is 0.230 e. The molecule has 0 fully saturated rings. The maximum absolute atomic E-state index is 12.3. The topological polar surface area (TPSA) is 42.0 Å². The molecule has 0 saturated carbocycles. The second-order valence-electron chi connectivity index (χ2n) is 5.70. The van der Waals surface area contributed by atoms with Crippen LogP contribution >= 0.6 is 27.3 Å². The average Bonchev–Trinajstić information content (AvgIpc) is 2.99. The number of hydrogen-bond acceptors (Lipinski definition) is 3. The Morgan fingerprint density at radius 2 is 2.04 bits per heavy atom. The highest BCUT2D eigenvalue weighted by Crippen LogP contribution is 2.26. The number of anilines is 1. The Hall–Kier alpha value is -1.98. The van der Waals surface area contributed by atoms with Crippen LogP contribution in [-0.4, -0.2) is 10.9 Å². The van der Waals surface area contributed by atoms with Crippen LogP contribution in [0.4, 0.5) is 5.69 Å². The first-order valence-corrected chi connectivity index (χ1v) is 9.26. The summed E-state index contributed by atoms with van der Waals surface area (Å²) in [5.74, 6) is -0.0465. The Balaban J connectivity index is 1.70. The molecule has 3 nitrogen and oxygen atoms in total. The third-order valence-electron chi connectivity index (χ3n) is 3.63. The van der Waals surface area contributed by atoms with Gasteiger partial charge in [-0.15, -0.1) is 11.3 Å². The Labute approximate surface area is 153 Å². The minimum absolute atomic E-state index is 0.0465. The standard InChI is InChI=1S/C19H17BrN2OS/c1-12-6-7-13(2)17(8-12)22-18(23)10-16-11-24-19(21-16)14-4-3-5-15(20)9-14/h3-9,11H,10H2,1-2H3,(H,22,23). The number of amides is 1. The number of rotatable bonds is 4. The number of thiazole rings is 1. The molecule has 0 saturated heterocycles. The Bertz CT molecular complexity index is 889. The zero-order valence-electron chi connectivity index (χ0n) is 13.5. The van der Waals surface area contributed by atoms with Crippen molar-refractivity contribution in [1.29, 1.82) is 0 Å². The molecule has 0 bridgehead atoms. The molecule has 0 atom stereocenters. The molecule has 0 aliphatic heterocycles. The van der Waals surface area contributed by atoms with Crippen molar-refractivity contribution in [3.63, 3.8) is 0 Å². The summed E-state index contributed by atoms with van der Waals surface area (Å²) in [6.45, 7) is 4.00. The van der Waals surface area contributed by atoms with E-state index in [1.807, 2.05) is 61.7 Å². The van der Waals surface area contributed by atoms with Crippen LogP contribution in [0.3, 0.4) is 0 Å². The Kier molecular flexibility index (Phi) is 5.11. The largest absolute Gasteiger partial charge is 0.325 e. The Morgan fingerprint density at radius 1 is 1.21 bits per heavy atom. The van der Waals surface area contributed by atoms with E-state index in [-0.39, 0.29) is 12.3 Å². The van der Waals surface area contributed by atoms with E-state index in [9.17, 15) is 4.79 Å². The molecule has 1 heterocycles. The van der Waals surface area contributed by atoms with Gasteiger partial charge in [-0.25, -0.2) is 4.98 Å². The van der Waals surface area contributed by atoms with E-state index >= 15 is 0 Å². The van der Waals surface area contributed by atoms with Crippen molar-refractivity contribution in [2.75, 3.05) is 5.32 Å². The van der Waals surface area contributed by atoms with Crippen molar-refractivity contribution in [2.45, 2.75) is 20.3 Å². The quantitative estimate of drug-likeness (QED) is 0.639. The summed E-state index contributed by atoms with van der Waals surface area (Å²) in [6.07, 6.45) is 0.276. The van der Waals surface area contributed by atoms with Crippen LogP contribution < -0.4 is 5.32 Å². The molecule has 3 aromatic rings. The average molecular weight is 401 g/mol. The van der Waals surface area contributed by atoms with Gasteiger partial charge in [0.05, 0.1) is 12.1 Å². The van der Waals surface area contributed by atoms with Crippen molar-refractivity contribution in [3.8, 4) is 10.6 Å². The molecule has 1 aromatic heterocycles. The summed E-state index contributed by atoms with van der Waals surface area (Å²) in [4.78, 5) is 16.9. The van der Waals surface area contributed by atoms with E-state index in [0.29, 0.717) is 0 Å². The van der Waals surface area contributed by atoms with Gasteiger partial charge in [0.2, 0.25) is 5.91 Å². The van der Waals surface area contributed by atoms with Gasteiger partial charge in [-0.3, -0.25) is 4.79 Å². The molecule has 0 aliphatic carbocycles. The van der Waals surface area contributed by atoms with E-state index in [1.165, 1.54) is 0 Å². The third kappa shape index (κ3) is 4.10. The van der Waals surface area contributed by atoms with Gasteiger partial charge in [0.25, 0.3) is 0 Å². The van der Waals surface area contributed by atoms with Crippen LogP contribution in [0.5, 0.6) is 0 Å². The number of carbonyl (C=O) groups excluding carboxylic acids is 1. The maximum atomic E-state index is 12.3. The summed E-state index contributed by atoms with van der Waals surface area (Å²) in [6, 6.07) is 14.0. The molecule has 0 spiro atoms. The first kappa shape index (κ1) is 16.9. The van der Waals surface area contributed by atoms with Crippen molar-refractivity contribution in [2.24, 2.45) is 0 Å². The number of carbonyl (C=O) groups is 1. The van der Waals surface area contributed by atoms with Gasteiger partial charge in [-0.2, -0.15) is 0 Å². The Morgan fingerprint density at radius 3 is 2.83 bits per heavy atom. The smallest absolute Gasteiger partial charge is 0.230 e. The summed E-state index contributed by atoms with van der Waals surface area (Å²) < 4.78 is 1.02. The highest BCUT2D eigenvalue weighted by atomic mass is 79.9. The third-order valence-corrected chi connectivity index (χ3v) is 5.07. The van der Waals surface area contributed by atoms with E-state index in [1.54, 1.807) is 11.3 Å². The molecule has 5 heteroatoms. The van der Waals surface area contributed by atoms with Crippen LogP contribution in [0.15, 0.2) is 52.3 Å². The molecule has 0 aliphatic rings. The van der Waals surface area contributed by atoms with Crippen molar-refractivity contribution >= 4 is 38.9 Å². The van der Waals surface area contributed by atoms with E-state index in [0.717, 1.165) is 37.6 Å². The number of nitrogens with one attached hydrogen (secondary N) is 1. The van der Waals surface area contributed by atoms with Crippen LogP contribution in [0, 0.1) is 13.8 Å². The van der Waals surface area contributed by atoms with Gasteiger partial charge in [-0.05, 0) is 43.2 Å². The number of hydrogen-bond donors (Lipinski definition) is 1. The van der Waals surface area contributed by atoms with Gasteiger partial charge in [0.15, 0.2) is 0 Å². The first-order chi connectivity index (χ1) is 11.5. The minimum Gasteiger partial charge on any atom is -0.325 e. The second kappa shape index (κ2) is 7.28. The zero-order chi connectivity index (χ0) is 17.1. The van der Waals surface area contributed by atoms with Crippen LogP contribution in [-0.2, 0) is 11.2 Å². The summed E-state index contributed by atoms with van der Waals surface area (Å²) in [7, 11) is 0. The van der Waals surface area contributed by atoms with Gasteiger partial charge in [-0.1, -0.05) is 40.2 Å². The van der Waals surface area contributed by atoms with Crippen LogP contribution in [0.2, 0.25) is 0 Å². The molecular formula is C19H17BrN2OS. The SMILES string of the molecule is Cc1ccc(C)c(NC(=O)Cc2csc(-c3cccc(Br)c3)n2)c1. The predicted octanol–water partition coefficient (Wildman–Crippen LogP) is 5.37.